The lowest BCUT2D eigenvalue weighted by Crippen LogP contribution is -2.43. The molecule has 0 fully saturated rings. The number of benzene rings is 1. The van der Waals surface area contributed by atoms with Gasteiger partial charge in [-0.15, -0.1) is 0 Å². The molecule has 7 nitrogen and oxygen atoms in total. The molecule has 0 unspecified atom stereocenters. The van der Waals surface area contributed by atoms with Crippen LogP contribution in [0.25, 0.3) is 0 Å². The van der Waals surface area contributed by atoms with Crippen LogP contribution in [0, 0.1) is 5.92 Å². The number of rotatable bonds is 6. The first-order valence-corrected chi connectivity index (χ1v) is 5.43. The Morgan fingerprint density at radius 2 is 1.68 bits per heavy atom. The lowest BCUT2D eigenvalue weighted by molar-refractivity contribution is -0.161. The van der Waals surface area contributed by atoms with Crippen molar-refractivity contribution in [1.29, 1.82) is 0 Å². The summed E-state index contributed by atoms with van der Waals surface area (Å²) >= 11 is 0. The first-order valence-electron chi connectivity index (χ1n) is 5.43. The molecule has 0 radical (unpaired) electrons. The van der Waals surface area contributed by atoms with Crippen LogP contribution in [0.4, 0.5) is 5.69 Å². The van der Waals surface area contributed by atoms with Crippen LogP contribution < -0.4 is 5.32 Å². The Labute approximate surface area is 109 Å². The molecule has 0 saturated heterocycles. The summed E-state index contributed by atoms with van der Waals surface area (Å²) in [6, 6.07) is 8.95. The molecule has 102 valence electrons. The van der Waals surface area contributed by atoms with E-state index >= 15 is 0 Å². The van der Waals surface area contributed by atoms with E-state index in [1.165, 1.54) is 7.05 Å². The highest BCUT2D eigenvalue weighted by molar-refractivity contribution is 6.13. The molecule has 0 aliphatic rings. The van der Waals surface area contributed by atoms with Gasteiger partial charge in [-0.05, 0) is 12.1 Å². The number of nitrogens with zero attached hydrogens (tertiary/aromatic N) is 1. The number of amides is 1. The van der Waals surface area contributed by atoms with Crippen molar-refractivity contribution in [3.05, 3.63) is 30.3 Å². The van der Waals surface area contributed by atoms with E-state index in [9.17, 15) is 14.4 Å². The minimum atomic E-state index is -2.08. The molecule has 0 bridgehead atoms. The fourth-order valence-corrected chi connectivity index (χ4v) is 1.38. The Morgan fingerprint density at radius 1 is 1.16 bits per heavy atom. The lowest BCUT2D eigenvalue weighted by atomic mass is 10.1. The average Bonchev–Trinajstić information content (AvgIpc) is 2.36. The molecule has 7 heteroatoms. The number of aliphatic carboxylic acids is 2. The third-order valence-corrected chi connectivity index (χ3v) is 2.41. The van der Waals surface area contributed by atoms with Crippen LogP contribution in [0.3, 0.4) is 0 Å². The van der Waals surface area contributed by atoms with Crippen LogP contribution in [-0.2, 0) is 14.4 Å². The molecule has 1 amide bonds. The summed E-state index contributed by atoms with van der Waals surface area (Å²) in [6.45, 7) is 0.0138. The second kappa shape index (κ2) is 6.39. The van der Waals surface area contributed by atoms with E-state index < -0.39 is 23.8 Å². The first-order chi connectivity index (χ1) is 8.93. The van der Waals surface area contributed by atoms with Gasteiger partial charge in [0, 0.05) is 12.7 Å². The van der Waals surface area contributed by atoms with Crippen molar-refractivity contribution in [3.8, 4) is 0 Å². The maximum absolute atomic E-state index is 11.7. The Hall–Kier alpha value is -2.57. The van der Waals surface area contributed by atoms with Crippen molar-refractivity contribution in [1.82, 2.24) is 4.90 Å². The van der Waals surface area contributed by atoms with Gasteiger partial charge in [-0.25, -0.2) is 0 Å². The molecular weight excluding hydrogens is 252 g/mol. The van der Waals surface area contributed by atoms with Gasteiger partial charge < -0.3 is 20.4 Å². The maximum atomic E-state index is 11.7. The second-order valence-corrected chi connectivity index (χ2v) is 3.85. The number of nitrogens with one attached hydrogen (secondary N) is 1. The summed E-state index contributed by atoms with van der Waals surface area (Å²) in [7, 11) is 1.33. The highest BCUT2D eigenvalue weighted by Gasteiger charge is 2.35. The van der Waals surface area contributed by atoms with Crippen molar-refractivity contribution < 1.29 is 24.6 Å². The molecular formula is C12H14N2O5. The van der Waals surface area contributed by atoms with Gasteiger partial charge in [0.25, 0.3) is 0 Å². The van der Waals surface area contributed by atoms with Crippen LogP contribution in [-0.4, -0.2) is 46.7 Å². The zero-order valence-electron chi connectivity index (χ0n) is 10.2. The molecule has 1 aromatic rings. The molecule has 0 atom stereocenters. The largest absolute Gasteiger partial charge is 0.480 e. The fraction of sp³-hybridized carbons (Fsp3) is 0.250. The van der Waals surface area contributed by atoms with Crippen LogP contribution in [0.1, 0.15) is 0 Å². The monoisotopic (exact) mass is 266 g/mol. The van der Waals surface area contributed by atoms with Gasteiger partial charge in [0.2, 0.25) is 11.8 Å². The maximum Gasteiger partial charge on any atom is 0.327 e. The van der Waals surface area contributed by atoms with Crippen molar-refractivity contribution in [2.45, 2.75) is 0 Å². The van der Waals surface area contributed by atoms with Gasteiger partial charge in [-0.3, -0.25) is 14.4 Å². The minimum absolute atomic E-state index is 0.0138. The standard InChI is InChI=1S/C12H14N2O5/c1-14(7-13-8-5-3-2-4-6-8)10(15)9(11(16)17)12(18)19/h2-6,9,13H,7H2,1H3,(H,16,17)(H,18,19). The number of carboxylic acid groups (broad SMARTS) is 2. The summed E-state index contributed by atoms with van der Waals surface area (Å²) in [6.07, 6.45) is 0. The van der Waals surface area contributed by atoms with Gasteiger partial charge in [0.15, 0.2) is 0 Å². The summed E-state index contributed by atoms with van der Waals surface area (Å²) in [5.74, 6) is -6.42. The van der Waals surface area contributed by atoms with Crippen LogP contribution in [0.2, 0.25) is 0 Å². The molecule has 0 aliphatic carbocycles. The van der Waals surface area contributed by atoms with Crippen LogP contribution in [0.5, 0.6) is 0 Å². The molecule has 19 heavy (non-hydrogen) atoms. The van der Waals surface area contributed by atoms with E-state index in [0.717, 1.165) is 10.6 Å². The quantitative estimate of drug-likeness (QED) is 0.505. The number of anilines is 1. The summed E-state index contributed by atoms with van der Waals surface area (Å²) in [5, 5.41) is 20.3. The van der Waals surface area contributed by atoms with E-state index in [-0.39, 0.29) is 6.67 Å². The van der Waals surface area contributed by atoms with E-state index in [2.05, 4.69) is 5.32 Å². The van der Waals surface area contributed by atoms with E-state index in [1.807, 2.05) is 6.07 Å². The number of carboxylic acids is 2. The number of hydrogen-bond acceptors (Lipinski definition) is 4. The summed E-state index contributed by atoms with van der Waals surface area (Å²) in [4.78, 5) is 34.1. The molecule has 3 N–H and O–H groups in total. The Morgan fingerprint density at radius 3 is 2.16 bits per heavy atom. The highest BCUT2D eigenvalue weighted by Crippen LogP contribution is 2.07. The SMILES string of the molecule is CN(CNc1ccccc1)C(=O)C(C(=O)O)C(=O)O. The van der Waals surface area contributed by atoms with E-state index in [0.29, 0.717) is 0 Å². The summed E-state index contributed by atoms with van der Waals surface area (Å²) < 4.78 is 0. The van der Waals surface area contributed by atoms with Gasteiger partial charge >= 0.3 is 11.9 Å². The van der Waals surface area contributed by atoms with Crippen LogP contribution >= 0.6 is 0 Å². The normalized spacial score (nSPS) is 10.0. The third-order valence-electron chi connectivity index (χ3n) is 2.41. The third kappa shape index (κ3) is 3.98. The molecule has 0 spiro atoms. The Kier molecular flexibility index (Phi) is 4.87. The van der Waals surface area contributed by atoms with Crippen molar-refractivity contribution in [2.24, 2.45) is 5.92 Å². The van der Waals surface area contributed by atoms with E-state index in [1.54, 1.807) is 24.3 Å². The van der Waals surface area contributed by atoms with Crippen molar-refractivity contribution in [3.63, 3.8) is 0 Å². The Bertz CT molecular complexity index is 460. The summed E-state index contributed by atoms with van der Waals surface area (Å²) in [5.41, 5.74) is 0.740. The molecule has 1 rings (SSSR count). The average molecular weight is 266 g/mol. The first kappa shape index (κ1) is 14.5. The van der Waals surface area contributed by atoms with Crippen molar-refractivity contribution in [2.75, 3.05) is 19.0 Å². The fourth-order valence-electron chi connectivity index (χ4n) is 1.38. The predicted molar refractivity (Wildman–Crippen MR) is 66.5 cm³/mol. The number of para-hydroxylation sites is 1. The van der Waals surface area contributed by atoms with Gasteiger partial charge in [-0.2, -0.15) is 0 Å². The topological polar surface area (TPSA) is 107 Å². The van der Waals surface area contributed by atoms with E-state index in [4.69, 9.17) is 10.2 Å². The van der Waals surface area contributed by atoms with Crippen molar-refractivity contribution >= 4 is 23.5 Å². The predicted octanol–water partition coefficient (Wildman–Crippen LogP) is 0.300. The minimum Gasteiger partial charge on any atom is -0.480 e. The smallest absolute Gasteiger partial charge is 0.327 e. The van der Waals surface area contributed by atoms with Gasteiger partial charge in [-0.1, -0.05) is 18.2 Å². The second-order valence-electron chi connectivity index (χ2n) is 3.85. The number of hydrogen-bond donors (Lipinski definition) is 3. The molecule has 0 aromatic heterocycles. The number of carbonyl (C=O) groups excluding carboxylic acids is 1. The molecule has 1 aromatic carbocycles. The molecule has 0 aliphatic heterocycles. The van der Waals surface area contributed by atoms with Gasteiger partial charge in [0.1, 0.15) is 0 Å². The molecule has 0 heterocycles. The molecule has 0 saturated carbocycles. The van der Waals surface area contributed by atoms with Gasteiger partial charge in [0.05, 0.1) is 6.67 Å². The lowest BCUT2D eigenvalue weighted by Gasteiger charge is -2.20. The zero-order valence-corrected chi connectivity index (χ0v) is 10.2. The number of carbonyl (C=O) groups is 3. The Balaban J connectivity index is 2.62. The zero-order chi connectivity index (χ0) is 14.4. The van der Waals surface area contributed by atoms with Crippen LogP contribution in [0.15, 0.2) is 30.3 Å². The highest BCUT2D eigenvalue weighted by atomic mass is 16.4.